The summed E-state index contributed by atoms with van der Waals surface area (Å²) >= 11 is 0. The standard InChI is InChI=1S/C22H20F2N2O2/c23-17-5-6-18(19(24)12-17)21(26-9-7-14(8-10-26)22(27)28)16-11-15-3-1-2-4-20(15)25-13-16/h1-6,11-14,21H,7-10H2,(H,27,28). The summed E-state index contributed by atoms with van der Waals surface area (Å²) in [6.07, 6.45) is 2.71. The number of aromatic nitrogens is 1. The average molecular weight is 382 g/mol. The first-order chi connectivity index (χ1) is 13.5. The molecule has 4 rings (SSSR count). The zero-order valence-corrected chi connectivity index (χ0v) is 15.2. The highest BCUT2D eigenvalue weighted by Gasteiger charge is 2.31. The van der Waals surface area contributed by atoms with E-state index in [9.17, 15) is 18.7 Å². The number of piperidine rings is 1. The molecule has 1 aromatic heterocycles. The van der Waals surface area contributed by atoms with Crippen molar-refractivity contribution in [3.05, 3.63) is 77.5 Å². The van der Waals surface area contributed by atoms with Gasteiger partial charge in [0, 0.05) is 23.2 Å². The third-order valence-corrected chi connectivity index (χ3v) is 5.43. The van der Waals surface area contributed by atoms with Crippen LogP contribution in [0.4, 0.5) is 8.78 Å². The Kier molecular flexibility index (Phi) is 5.05. The van der Waals surface area contributed by atoms with E-state index in [4.69, 9.17) is 0 Å². The van der Waals surface area contributed by atoms with Crippen LogP contribution in [0, 0.1) is 17.6 Å². The van der Waals surface area contributed by atoms with E-state index >= 15 is 0 Å². The van der Waals surface area contributed by atoms with Gasteiger partial charge in [0.2, 0.25) is 0 Å². The zero-order valence-electron chi connectivity index (χ0n) is 15.2. The number of pyridine rings is 1. The van der Waals surface area contributed by atoms with Crippen LogP contribution < -0.4 is 0 Å². The zero-order chi connectivity index (χ0) is 19.7. The molecule has 4 nitrogen and oxygen atoms in total. The van der Waals surface area contributed by atoms with Crippen molar-refractivity contribution in [2.24, 2.45) is 5.92 Å². The molecule has 0 spiro atoms. The molecule has 0 saturated carbocycles. The van der Waals surface area contributed by atoms with Crippen LogP contribution in [0.5, 0.6) is 0 Å². The summed E-state index contributed by atoms with van der Waals surface area (Å²) < 4.78 is 28.2. The summed E-state index contributed by atoms with van der Waals surface area (Å²) in [5, 5.41) is 10.2. The molecule has 0 radical (unpaired) electrons. The first-order valence-corrected chi connectivity index (χ1v) is 9.29. The minimum Gasteiger partial charge on any atom is -0.481 e. The number of fused-ring (bicyclic) bond motifs is 1. The highest BCUT2D eigenvalue weighted by Crippen LogP contribution is 2.34. The molecule has 2 heterocycles. The predicted molar refractivity (Wildman–Crippen MR) is 102 cm³/mol. The largest absolute Gasteiger partial charge is 0.481 e. The normalized spacial score (nSPS) is 16.9. The predicted octanol–water partition coefficient (Wildman–Crippen LogP) is 4.40. The van der Waals surface area contributed by atoms with Gasteiger partial charge in [-0.05, 0) is 49.7 Å². The van der Waals surface area contributed by atoms with Gasteiger partial charge in [-0.2, -0.15) is 0 Å². The SMILES string of the molecule is O=C(O)C1CCN(C(c2cnc3ccccc3c2)c2ccc(F)cc2F)CC1. The molecule has 28 heavy (non-hydrogen) atoms. The number of carboxylic acid groups (broad SMARTS) is 1. The Labute approximate surface area is 161 Å². The second-order valence-corrected chi connectivity index (χ2v) is 7.18. The van der Waals surface area contributed by atoms with E-state index in [1.54, 1.807) is 6.20 Å². The summed E-state index contributed by atoms with van der Waals surface area (Å²) in [6.45, 7) is 1.04. The van der Waals surface area contributed by atoms with Crippen LogP contribution >= 0.6 is 0 Å². The number of halogens is 2. The average Bonchev–Trinajstić information content (AvgIpc) is 2.70. The van der Waals surface area contributed by atoms with Crippen LogP contribution in [0.25, 0.3) is 10.9 Å². The van der Waals surface area contributed by atoms with Gasteiger partial charge in [-0.15, -0.1) is 0 Å². The van der Waals surface area contributed by atoms with Gasteiger partial charge < -0.3 is 5.11 Å². The number of nitrogens with zero attached hydrogens (tertiary/aromatic N) is 2. The second-order valence-electron chi connectivity index (χ2n) is 7.18. The Balaban J connectivity index is 1.75. The van der Waals surface area contributed by atoms with Gasteiger partial charge in [0.25, 0.3) is 0 Å². The molecule has 0 amide bonds. The van der Waals surface area contributed by atoms with Crippen LogP contribution in [0.15, 0.2) is 54.7 Å². The van der Waals surface area contributed by atoms with Gasteiger partial charge in [0.15, 0.2) is 0 Å². The summed E-state index contributed by atoms with van der Waals surface area (Å²) in [5.41, 5.74) is 2.01. The minimum atomic E-state index is -0.795. The Morgan fingerprint density at radius 3 is 2.57 bits per heavy atom. The monoisotopic (exact) mass is 382 g/mol. The molecule has 0 aliphatic carbocycles. The quantitative estimate of drug-likeness (QED) is 0.727. The second kappa shape index (κ2) is 7.64. The number of carboxylic acids is 1. The van der Waals surface area contributed by atoms with Gasteiger partial charge in [-0.3, -0.25) is 14.7 Å². The lowest BCUT2D eigenvalue weighted by Gasteiger charge is -2.37. The van der Waals surface area contributed by atoms with Crippen molar-refractivity contribution >= 4 is 16.9 Å². The first kappa shape index (κ1) is 18.5. The van der Waals surface area contributed by atoms with Gasteiger partial charge in [0.05, 0.1) is 17.5 Å². The molecule has 1 fully saturated rings. The Morgan fingerprint density at radius 1 is 1.11 bits per heavy atom. The van der Waals surface area contributed by atoms with Crippen molar-refractivity contribution in [1.82, 2.24) is 9.88 Å². The molecule has 6 heteroatoms. The fraction of sp³-hybridized carbons (Fsp3) is 0.273. The summed E-state index contributed by atoms with van der Waals surface area (Å²) in [4.78, 5) is 17.8. The third kappa shape index (κ3) is 3.60. The molecule has 144 valence electrons. The van der Waals surface area contributed by atoms with Gasteiger partial charge in [-0.25, -0.2) is 8.78 Å². The van der Waals surface area contributed by atoms with Crippen molar-refractivity contribution in [2.45, 2.75) is 18.9 Å². The Hall–Kier alpha value is -2.86. The van der Waals surface area contributed by atoms with E-state index in [0.717, 1.165) is 22.5 Å². The van der Waals surface area contributed by atoms with E-state index in [2.05, 4.69) is 9.88 Å². The molecule has 0 bridgehead atoms. The Morgan fingerprint density at radius 2 is 1.86 bits per heavy atom. The number of para-hydroxylation sites is 1. The number of aliphatic carboxylic acids is 1. The molecular weight excluding hydrogens is 362 g/mol. The van der Waals surface area contributed by atoms with E-state index < -0.39 is 23.6 Å². The van der Waals surface area contributed by atoms with E-state index in [1.165, 1.54) is 12.1 Å². The van der Waals surface area contributed by atoms with Gasteiger partial charge in [-0.1, -0.05) is 24.3 Å². The maximum Gasteiger partial charge on any atom is 0.306 e. The highest BCUT2D eigenvalue weighted by molar-refractivity contribution is 5.79. The fourth-order valence-corrected chi connectivity index (χ4v) is 3.95. The van der Waals surface area contributed by atoms with E-state index in [-0.39, 0.29) is 5.92 Å². The number of rotatable bonds is 4. The third-order valence-electron chi connectivity index (χ3n) is 5.43. The number of hydrogen-bond acceptors (Lipinski definition) is 3. The molecular formula is C22H20F2N2O2. The number of carbonyl (C=O) groups is 1. The lowest BCUT2D eigenvalue weighted by atomic mass is 9.91. The van der Waals surface area contributed by atoms with Crippen molar-refractivity contribution in [2.75, 3.05) is 13.1 Å². The van der Waals surface area contributed by atoms with E-state index in [1.807, 2.05) is 30.3 Å². The first-order valence-electron chi connectivity index (χ1n) is 9.29. The molecule has 1 unspecified atom stereocenters. The lowest BCUT2D eigenvalue weighted by Crippen LogP contribution is -2.39. The van der Waals surface area contributed by atoms with Crippen LogP contribution in [0.2, 0.25) is 0 Å². The summed E-state index contributed by atoms with van der Waals surface area (Å²) in [5.74, 6) is -2.42. The number of hydrogen-bond donors (Lipinski definition) is 1. The molecule has 1 N–H and O–H groups in total. The molecule has 1 atom stereocenters. The number of likely N-dealkylation sites (tertiary alicyclic amines) is 1. The minimum absolute atomic E-state index is 0.368. The summed E-state index contributed by atoms with van der Waals surface area (Å²) in [6, 6.07) is 12.8. The topological polar surface area (TPSA) is 53.4 Å². The van der Waals surface area contributed by atoms with Crippen molar-refractivity contribution in [1.29, 1.82) is 0 Å². The van der Waals surface area contributed by atoms with Crippen molar-refractivity contribution < 1.29 is 18.7 Å². The number of benzene rings is 2. The van der Waals surface area contributed by atoms with Crippen molar-refractivity contribution in [3.63, 3.8) is 0 Å². The maximum absolute atomic E-state index is 14.7. The van der Waals surface area contributed by atoms with Gasteiger partial charge in [0.1, 0.15) is 11.6 Å². The van der Waals surface area contributed by atoms with Crippen LogP contribution in [0.1, 0.15) is 30.0 Å². The Bertz CT molecular complexity index is 1020. The smallest absolute Gasteiger partial charge is 0.306 e. The van der Waals surface area contributed by atoms with Crippen LogP contribution in [-0.2, 0) is 4.79 Å². The maximum atomic E-state index is 14.7. The molecule has 1 saturated heterocycles. The van der Waals surface area contributed by atoms with Crippen molar-refractivity contribution in [3.8, 4) is 0 Å². The fourth-order valence-electron chi connectivity index (χ4n) is 3.95. The highest BCUT2D eigenvalue weighted by atomic mass is 19.1. The van der Waals surface area contributed by atoms with Gasteiger partial charge >= 0.3 is 5.97 Å². The van der Waals surface area contributed by atoms with Crippen LogP contribution in [0.3, 0.4) is 0 Å². The molecule has 2 aromatic carbocycles. The summed E-state index contributed by atoms with van der Waals surface area (Å²) in [7, 11) is 0. The van der Waals surface area contributed by atoms with Crippen LogP contribution in [-0.4, -0.2) is 34.0 Å². The molecule has 3 aromatic rings. The lowest BCUT2D eigenvalue weighted by molar-refractivity contribution is -0.143. The van der Waals surface area contributed by atoms with E-state index in [0.29, 0.717) is 31.5 Å². The molecule has 1 aliphatic rings. The molecule has 1 aliphatic heterocycles.